The number of amides is 1. The number of hydrogen-bond acceptors (Lipinski definition) is 6. The molecule has 1 aromatic heterocycles. The molecule has 1 fully saturated rings. The van der Waals surface area contributed by atoms with E-state index in [4.69, 9.17) is 0 Å². The molecule has 4 rings (SSSR count). The fourth-order valence-corrected chi connectivity index (χ4v) is 5.44. The lowest BCUT2D eigenvalue weighted by Gasteiger charge is -2.36. The third-order valence-electron chi connectivity index (χ3n) is 5.78. The molecular weight excluding hydrogens is 436 g/mol. The second-order valence-corrected chi connectivity index (χ2v) is 10.2. The second kappa shape index (κ2) is 10.5. The van der Waals surface area contributed by atoms with Gasteiger partial charge in [0.2, 0.25) is 0 Å². The van der Waals surface area contributed by atoms with Crippen molar-refractivity contribution in [1.29, 1.82) is 0 Å². The molecule has 7 heteroatoms. The fraction of sp³-hybridized carbons (Fsp3) is 0.360. The maximum atomic E-state index is 12.7. The molecule has 2 heterocycles. The number of nitrogens with one attached hydrogen (secondary N) is 1. The number of nitrogens with zero attached hydrogens (tertiary/aromatic N) is 3. The van der Waals surface area contributed by atoms with Gasteiger partial charge in [-0.3, -0.25) is 4.79 Å². The first-order chi connectivity index (χ1) is 15.5. The van der Waals surface area contributed by atoms with E-state index in [2.05, 4.69) is 51.5 Å². The number of anilines is 2. The number of hydrogen-bond donors (Lipinski definition) is 1. The Hall–Kier alpha value is -2.35. The highest BCUT2D eigenvalue weighted by Gasteiger charge is 2.17. The minimum Gasteiger partial charge on any atom is -0.369 e. The third-order valence-corrected chi connectivity index (χ3v) is 7.65. The molecule has 1 N–H and O–H groups in total. The zero-order valence-corrected chi connectivity index (χ0v) is 20.6. The predicted octanol–water partition coefficient (Wildman–Crippen LogP) is 5.45. The summed E-state index contributed by atoms with van der Waals surface area (Å²) in [6.07, 6.45) is 0. The van der Waals surface area contributed by atoms with E-state index in [1.54, 1.807) is 23.1 Å². The summed E-state index contributed by atoms with van der Waals surface area (Å²) in [5, 5.41) is 6.24. The Bertz CT molecular complexity index is 1060. The smallest absolute Gasteiger partial charge is 0.255 e. The predicted molar refractivity (Wildman–Crippen MR) is 136 cm³/mol. The SMILES string of the molecule is CCN1CCN(c2ccc(NC(=O)c3ccc(SCc4csc(C)n4)cc3)cc2C)CC1. The largest absolute Gasteiger partial charge is 0.369 e. The van der Waals surface area contributed by atoms with E-state index in [1.165, 1.54) is 11.3 Å². The van der Waals surface area contributed by atoms with E-state index in [0.717, 1.165) is 59.8 Å². The van der Waals surface area contributed by atoms with Crippen molar-refractivity contribution in [2.24, 2.45) is 0 Å². The molecule has 32 heavy (non-hydrogen) atoms. The van der Waals surface area contributed by atoms with Gasteiger partial charge in [-0.1, -0.05) is 6.92 Å². The molecular formula is C25H30N4OS2. The van der Waals surface area contributed by atoms with Crippen molar-refractivity contribution < 1.29 is 4.79 Å². The summed E-state index contributed by atoms with van der Waals surface area (Å²) in [7, 11) is 0. The van der Waals surface area contributed by atoms with Crippen molar-refractivity contribution >= 4 is 40.4 Å². The van der Waals surface area contributed by atoms with Gasteiger partial charge >= 0.3 is 0 Å². The fourth-order valence-electron chi connectivity index (χ4n) is 3.93. The first kappa shape index (κ1) is 22.8. The maximum Gasteiger partial charge on any atom is 0.255 e. The van der Waals surface area contributed by atoms with Crippen LogP contribution in [0.5, 0.6) is 0 Å². The van der Waals surface area contributed by atoms with Gasteiger partial charge in [-0.2, -0.15) is 0 Å². The van der Waals surface area contributed by atoms with Gasteiger partial charge in [0.15, 0.2) is 0 Å². The first-order valence-electron chi connectivity index (χ1n) is 11.0. The first-order valence-corrected chi connectivity index (χ1v) is 12.9. The molecule has 0 radical (unpaired) electrons. The van der Waals surface area contributed by atoms with E-state index in [-0.39, 0.29) is 5.91 Å². The highest BCUT2D eigenvalue weighted by Crippen LogP contribution is 2.26. The van der Waals surface area contributed by atoms with E-state index in [0.29, 0.717) is 5.56 Å². The zero-order chi connectivity index (χ0) is 22.5. The van der Waals surface area contributed by atoms with Crippen LogP contribution >= 0.6 is 23.1 Å². The molecule has 0 atom stereocenters. The minimum absolute atomic E-state index is 0.0830. The number of rotatable bonds is 7. The van der Waals surface area contributed by atoms with Gasteiger partial charge in [-0.15, -0.1) is 23.1 Å². The quantitative estimate of drug-likeness (QED) is 0.470. The van der Waals surface area contributed by atoms with Gasteiger partial charge in [0, 0.05) is 59.1 Å². The molecule has 5 nitrogen and oxygen atoms in total. The Morgan fingerprint density at radius 2 is 1.84 bits per heavy atom. The van der Waals surface area contributed by atoms with E-state index in [1.807, 2.05) is 37.3 Å². The van der Waals surface area contributed by atoms with Crippen molar-refractivity contribution in [2.45, 2.75) is 31.4 Å². The van der Waals surface area contributed by atoms with Gasteiger partial charge in [0.1, 0.15) is 0 Å². The summed E-state index contributed by atoms with van der Waals surface area (Å²) in [5.74, 6) is 0.759. The van der Waals surface area contributed by atoms with Crippen LogP contribution in [0.2, 0.25) is 0 Å². The Kier molecular flexibility index (Phi) is 7.50. The molecule has 168 valence electrons. The number of likely N-dealkylation sites (N-methyl/N-ethyl adjacent to an activating group) is 1. The second-order valence-electron chi connectivity index (χ2n) is 8.05. The summed E-state index contributed by atoms with van der Waals surface area (Å²) in [4.78, 5) is 23.3. The normalized spacial score (nSPS) is 14.5. The van der Waals surface area contributed by atoms with Crippen LogP contribution < -0.4 is 10.2 Å². The van der Waals surface area contributed by atoms with Crippen LogP contribution in [0, 0.1) is 13.8 Å². The van der Waals surface area contributed by atoms with E-state index >= 15 is 0 Å². The topological polar surface area (TPSA) is 48.5 Å². The summed E-state index contributed by atoms with van der Waals surface area (Å²) in [5.41, 5.74) is 5.05. The van der Waals surface area contributed by atoms with Crippen molar-refractivity contribution in [3.63, 3.8) is 0 Å². The van der Waals surface area contributed by atoms with Crippen LogP contribution in [0.3, 0.4) is 0 Å². The zero-order valence-electron chi connectivity index (χ0n) is 18.9. The van der Waals surface area contributed by atoms with E-state index in [9.17, 15) is 4.79 Å². The monoisotopic (exact) mass is 466 g/mol. The molecule has 1 saturated heterocycles. The number of aryl methyl sites for hydroxylation is 2. The number of carbonyl (C=O) groups is 1. The number of aromatic nitrogens is 1. The number of thioether (sulfide) groups is 1. The molecule has 0 spiro atoms. The third kappa shape index (κ3) is 5.71. The molecule has 0 bridgehead atoms. The molecule has 2 aromatic carbocycles. The molecule has 1 amide bonds. The van der Waals surface area contributed by atoms with E-state index < -0.39 is 0 Å². The van der Waals surface area contributed by atoms with Gasteiger partial charge in [-0.25, -0.2) is 4.98 Å². The Morgan fingerprint density at radius 1 is 1.09 bits per heavy atom. The number of piperazine rings is 1. The van der Waals surface area contributed by atoms with Crippen LogP contribution in [-0.2, 0) is 5.75 Å². The minimum atomic E-state index is -0.0830. The lowest BCUT2D eigenvalue weighted by atomic mass is 10.1. The highest BCUT2D eigenvalue weighted by molar-refractivity contribution is 7.98. The number of thiazole rings is 1. The van der Waals surface area contributed by atoms with Crippen LogP contribution in [0.1, 0.15) is 33.5 Å². The Morgan fingerprint density at radius 3 is 2.47 bits per heavy atom. The van der Waals surface area contributed by atoms with Crippen molar-refractivity contribution in [3.05, 3.63) is 69.7 Å². The molecule has 0 saturated carbocycles. The van der Waals surface area contributed by atoms with Gasteiger partial charge < -0.3 is 15.1 Å². The molecule has 1 aliphatic rings. The summed E-state index contributed by atoms with van der Waals surface area (Å²) >= 11 is 3.41. The highest BCUT2D eigenvalue weighted by atomic mass is 32.2. The molecule has 1 aliphatic heterocycles. The average Bonchev–Trinajstić information content (AvgIpc) is 3.23. The van der Waals surface area contributed by atoms with Crippen LogP contribution in [0.4, 0.5) is 11.4 Å². The standard InChI is InChI=1S/C25H30N4OS2/c1-4-28-11-13-29(14-12-28)24-10-7-21(15-18(24)2)27-25(30)20-5-8-23(9-6-20)32-17-22-16-31-19(3)26-22/h5-10,15-16H,4,11-14,17H2,1-3H3,(H,27,30). The number of benzene rings is 2. The lowest BCUT2D eigenvalue weighted by Crippen LogP contribution is -2.46. The average molecular weight is 467 g/mol. The Balaban J connectivity index is 1.33. The lowest BCUT2D eigenvalue weighted by molar-refractivity contribution is 0.102. The molecule has 3 aromatic rings. The van der Waals surface area contributed by atoms with Crippen LogP contribution in [-0.4, -0.2) is 48.5 Å². The van der Waals surface area contributed by atoms with Gasteiger partial charge in [-0.05, 0) is 68.4 Å². The van der Waals surface area contributed by atoms with Gasteiger partial charge in [0.25, 0.3) is 5.91 Å². The van der Waals surface area contributed by atoms with Crippen molar-refractivity contribution in [2.75, 3.05) is 42.9 Å². The Labute approximate surface area is 198 Å². The van der Waals surface area contributed by atoms with Gasteiger partial charge in [0.05, 0.1) is 10.7 Å². The molecule has 0 aliphatic carbocycles. The summed E-state index contributed by atoms with van der Waals surface area (Å²) in [6.45, 7) is 11.8. The molecule has 0 unspecified atom stereocenters. The van der Waals surface area contributed by atoms with Crippen LogP contribution in [0.25, 0.3) is 0 Å². The van der Waals surface area contributed by atoms with Crippen LogP contribution in [0.15, 0.2) is 52.7 Å². The van der Waals surface area contributed by atoms with Crippen molar-refractivity contribution in [1.82, 2.24) is 9.88 Å². The summed E-state index contributed by atoms with van der Waals surface area (Å²) < 4.78 is 0. The summed E-state index contributed by atoms with van der Waals surface area (Å²) in [6, 6.07) is 14.0. The maximum absolute atomic E-state index is 12.7. The number of carbonyl (C=O) groups excluding carboxylic acids is 1. The van der Waals surface area contributed by atoms with Crippen molar-refractivity contribution in [3.8, 4) is 0 Å².